The highest BCUT2D eigenvalue weighted by Gasteiger charge is 2.27. The van der Waals surface area contributed by atoms with Crippen LogP contribution in [-0.2, 0) is 30.7 Å². The van der Waals surface area contributed by atoms with E-state index in [1.54, 1.807) is 11.3 Å². The van der Waals surface area contributed by atoms with Crippen LogP contribution < -0.4 is 5.32 Å². The number of fused-ring (bicyclic) bond motifs is 1. The standard InChI is InChI=1S/C26H28N2O2S2/c1-2-30-25(29)23-21-15-9-10-16-22(21)32-24(23)27-26(31)28(17-19-11-5-3-6-12-19)18-20-13-7-4-8-14-20/h3-8,11-14H,2,9-10,15-18H2,1H3,(H,27,31). The molecule has 1 N–H and O–H groups in total. The number of esters is 1. The molecule has 0 fully saturated rings. The molecule has 32 heavy (non-hydrogen) atoms. The van der Waals surface area contributed by atoms with Gasteiger partial charge >= 0.3 is 5.97 Å². The van der Waals surface area contributed by atoms with Gasteiger partial charge in [-0.2, -0.15) is 0 Å². The van der Waals surface area contributed by atoms with Gasteiger partial charge in [-0.3, -0.25) is 0 Å². The molecule has 2 aromatic carbocycles. The fraction of sp³-hybridized carbons (Fsp3) is 0.308. The summed E-state index contributed by atoms with van der Waals surface area (Å²) in [5.74, 6) is -0.255. The lowest BCUT2D eigenvalue weighted by Crippen LogP contribution is -2.34. The number of carbonyl (C=O) groups excluding carboxylic acids is 1. The number of benzene rings is 2. The summed E-state index contributed by atoms with van der Waals surface area (Å²) < 4.78 is 5.40. The van der Waals surface area contributed by atoms with Gasteiger partial charge < -0.3 is 15.0 Å². The summed E-state index contributed by atoms with van der Waals surface area (Å²) in [7, 11) is 0. The van der Waals surface area contributed by atoms with Gasteiger partial charge in [-0.15, -0.1) is 11.3 Å². The number of hydrogen-bond acceptors (Lipinski definition) is 4. The Labute approximate surface area is 199 Å². The Balaban J connectivity index is 1.61. The van der Waals surface area contributed by atoms with Crippen molar-refractivity contribution in [1.82, 2.24) is 4.90 Å². The number of rotatable bonds is 7. The minimum Gasteiger partial charge on any atom is -0.462 e. The van der Waals surface area contributed by atoms with E-state index in [1.165, 1.54) is 16.0 Å². The number of thiophene rings is 1. The molecule has 0 unspecified atom stereocenters. The van der Waals surface area contributed by atoms with E-state index >= 15 is 0 Å². The van der Waals surface area contributed by atoms with Crippen molar-refractivity contribution in [1.29, 1.82) is 0 Å². The van der Waals surface area contributed by atoms with Gasteiger partial charge in [0, 0.05) is 18.0 Å². The average molecular weight is 465 g/mol. The van der Waals surface area contributed by atoms with Crippen LogP contribution >= 0.6 is 23.6 Å². The minimum absolute atomic E-state index is 0.255. The van der Waals surface area contributed by atoms with E-state index in [1.807, 2.05) is 43.3 Å². The molecule has 3 aromatic rings. The predicted molar refractivity (Wildman–Crippen MR) is 135 cm³/mol. The van der Waals surface area contributed by atoms with Crippen LogP contribution in [-0.4, -0.2) is 22.6 Å². The summed E-state index contributed by atoms with van der Waals surface area (Å²) in [6.07, 6.45) is 4.20. The molecular weight excluding hydrogens is 436 g/mol. The van der Waals surface area contributed by atoms with E-state index in [0.717, 1.165) is 36.2 Å². The first-order chi connectivity index (χ1) is 15.7. The Kier molecular flexibility index (Phi) is 7.55. The van der Waals surface area contributed by atoms with Crippen molar-refractivity contribution in [3.63, 3.8) is 0 Å². The molecule has 6 heteroatoms. The van der Waals surface area contributed by atoms with Crippen LogP contribution in [0.3, 0.4) is 0 Å². The molecule has 166 valence electrons. The van der Waals surface area contributed by atoms with Crippen molar-refractivity contribution in [2.45, 2.75) is 45.7 Å². The summed E-state index contributed by atoms with van der Waals surface area (Å²) in [6, 6.07) is 20.6. The van der Waals surface area contributed by atoms with Crippen molar-refractivity contribution < 1.29 is 9.53 Å². The first-order valence-corrected chi connectivity index (χ1v) is 12.3. The maximum atomic E-state index is 12.8. The Hall–Kier alpha value is -2.70. The van der Waals surface area contributed by atoms with E-state index < -0.39 is 0 Å². The SMILES string of the molecule is CCOC(=O)c1c(NC(=S)N(Cc2ccccc2)Cc2ccccc2)sc2c1CCCC2. The minimum atomic E-state index is -0.255. The lowest BCUT2D eigenvalue weighted by atomic mass is 9.95. The van der Waals surface area contributed by atoms with E-state index in [4.69, 9.17) is 17.0 Å². The molecule has 0 aliphatic heterocycles. The van der Waals surface area contributed by atoms with Gasteiger partial charge in [0.1, 0.15) is 5.00 Å². The first-order valence-electron chi connectivity index (χ1n) is 11.1. The second-order valence-corrected chi connectivity index (χ2v) is 9.38. The van der Waals surface area contributed by atoms with Crippen molar-refractivity contribution in [3.05, 3.63) is 87.8 Å². The Morgan fingerprint density at radius 1 is 1.00 bits per heavy atom. The van der Waals surface area contributed by atoms with Gasteiger partial charge in [-0.05, 0) is 61.5 Å². The summed E-state index contributed by atoms with van der Waals surface area (Å²) in [5, 5.41) is 4.85. The molecule has 0 spiro atoms. The highest BCUT2D eigenvalue weighted by molar-refractivity contribution is 7.80. The molecule has 0 saturated carbocycles. The van der Waals surface area contributed by atoms with Crippen molar-refractivity contribution in [2.75, 3.05) is 11.9 Å². The van der Waals surface area contributed by atoms with Crippen molar-refractivity contribution >= 4 is 39.6 Å². The quantitative estimate of drug-likeness (QED) is 0.333. The lowest BCUT2D eigenvalue weighted by Gasteiger charge is -2.26. The number of anilines is 1. The van der Waals surface area contributed by atoms with E-state index in [-0.39, 0.29) is 5.97 Å². The smallest absolute Gasteiger partial charge is 0.341 e. The maximum Gasteiger partial charge on any atom is 0.341 e. The topological polar surface area (TPSA) is 41.6 Å². The summed E-state index contributed by atoms with van der Waals surface area (Å²) in [6.45, 7) is 3.57. The summed E-state index contributed by atoms with van der Waals surface area (Å²) in [5.41, 5.74) is 4.18. The highest BCUT2D eigenvalue weighted by Crippen LogP contribution is 2.38. The summed E-state index contributed by atoms with van der Waals surface area (Å²) >= 11 is 7.52. The molecule has 1 aliphatic carbocycles. The number of thiocarbonyl (C=S) groups is 1. The van der Waals surface area contributed by atoms with Gasteiger partial charge in [0.2, 0.25) is 0 Å². The molecule has 0 atom stereocenters. The van der Waals surface area contributed by atoms with Crippen LogP contribution in [0.5, 0.6) is 0 Å². The van der Waals surface area contributed by atoms with Crippen molar-refractivity contribution in [2.24, 2.45) is 0 Å². The van der Waals surface area contributed by atoms with Crippen LogP contribution in [0.4, 0.5) is 5.00 Å². The zero-order valence-electron chi connectivity index (χ0n) is 18.3. The Morgan fingerprint density at radius 2 is 1.59 bits per heavy atom. The molecule has 4 rings (SSSR count). The number of ether oxygens (including phenoxy) is 1. The molecule has 4 nitrogen and oxygen atoms in total. The first kappa shape index (κ1) is 22.5. The summed E-state index contributed by atoms with van der Waals surface area (Å²) in [4.78, 5) is 16.2. The van der Waals surface area contributed by atoms with E-state index in [9.17, 15) is 4.79 Å². The largest absolute Gasteiger partial charge is 0.462 e. The number of carbonyl (C=O) groups is 1. The average Bonchev–Trinajstić information content (AvgIpc) is 3.18. The third-order valence-corrected chi connectivity index (χ3v) is 7.16. The number of hydrogen-bond donors (Lipinski definition) is 1. The van der Waals surface area contributed by atoms with Gasteiger partial charge in [0.15, 0.2) is 5.11 Å². The molecule has 0 amide bonds. The molecule has 1 heterocycles. The van der Waals surface area contributed by atoms with Crippen LogP contribution in [0.25, 0.3) is 0 Å². The number of nitrogens with zero attached hydrogens (tertiary/aromatic N) is 1. The van der Waals surface area contributed by atoms with Crippen LogP contribution in [0.15, 0.2) is 60.7 Å². The van der Waals surface area contributed by atoms with E-state index in [2.05, 4.69) is 34.5 Å². The number of aryl methyl sites for hydroxylation is 1. The normalized spacial score (nSPS) is 12.7. The fourth-order valence-corrected chi connectivity index (χ4v) is 5.63. The second-order valence-electron chi connectivity index (χ2n) is 7.89. The van der Waals surface area contributed by atoms with Crippen molar-refractivity contribution in [3.8, 4) is 0 Å². The monoisotopic (exact) mass is 464 g/mol. The molecule has 0 radical (unpaired) electrons. The molecular formula is C26H28N2O2S2. The second kappa shape index (κ2) is 10.7. The molecule has 1 aliphatic rings. The highest BCUT2D eigenvalue weighted by atomic mass is 32.1. The van der Waals surface area contributed by atoms with E-state index in [0.29, 0.717) is 30.4 Å². The molecule has 0 saturated heterocycles. The zero-order chi connectivity index (χ0) is 22.3. The van der Waals surface area contributed by atoms with Gasteiger partial charge in [0.05, 0.1) is 12.2 Å². The van der Waals surface area contributed by atoms with Crippen LogP contribution in [0.1, 0.15) is 51.7 Å². The molecule has 1 aromatic heterocycles. The van der Waals surface area contributed by atoms with Gasteiger partial charge in [-0.25, -0.2) is 4.79 Å². The van der Waals surface area contributed by atoms with Gasteiger partial charge in [-0.1, -0.05) is 60.7 Å². The van der Waals surface area contributed by atoms with Gasteiger partial charge in [0.25, 0.3) is 0 Å². The zero-order valence-corrected chi connectivity index (χ0v) is 19.9. The maximum absolute atomic E-state index is 12.8. The molecule has 0 bridgehead atoms. The van der Waals surface area contributed by atoms with Crippen LogP contribution in [0.2, 0.25) is 0 Å². The lowest BCUT2D eigenvalue weighted by molar-refractivity contribution is 0.0526. The van der Waals surface area contributed by atoms with Crippen LogP contribution in [0, 0.1) is 0 Å². The Morgan fingerprint density at radius 3 is 2.19 bits per heavy atom. The third-order valence-electron chi connectivity index (χ3n) is 5.59. The Bertz CT molecular complexity index is 1020. The fourth-order valence-electron chi connectivity index (χ4n) is 4.06. The predicted octanol–water partition coefficient (Wildman–Crippen LogP) is 6.20. The third kappa shape index (κ3) is 5.37. The number of nitrogens with one attached hydrogen (secondary N) is 1.